The molecule has 7 heteroatoms. The molecule has 2 rings (SSSR count). The lowest BCUT2D eigenvalue weighted by molar-refractivity contribution is 0.102. The Balaban J connectivity index is 2.28. The predicted octanol–water partition coefficient (Wildman–Crippen LogP) is 4.11. The molecule has 3 N–H and O–H groups in total. The number of hydrogen-bond acceptors (Lipinski definition) is 2. The summed E-state index contributed by atoms with van der Waals surface area (Å²) in [6, 6.07) is 5.92. The second-order valence-corrected chi connectivity index (χ2v) is 4.75. The summed E-state index contributed by atoms with van der Waals surface area (Å²) in [6.45, 7) is 0. The van der Waals surface area contributed by atoms with Gasteiger partial charge in [0.2, 0.25) is 0 Å². The number of rotatable bonds is 2. The zero-order valence-corrected chi connectivity index (χ0v) is 11.4. The number of nitrogen functional groups attached to an aromatic ring is 1. The molecule has 0 bridgehead atoms. The third-order valence-corrected chi connectivity index (χ3v) is 3.25. The van der Waals surface area contributed by atoms with E-state index in [2.05, 4.69) is 5.32 Å². The molecule has 0 atom stereocenters. The topological polar surface area (TPSA) is 55.1 Å². The average molecular weight is 317 g/mol. The number of amides is 1. The average Bonchev–Trinajstić information content (AvgIpc) is 2.38. The fraction of sp³-hybridized carbons (Fsp3) is 0. The van der Waals surface area contributed by atoms with E-state index in [-0.39, 0.29) is 16.3 Å². The van der Waals surface area contributed by atoms with Crippen molar-refractivity contribution in [2.45, 2.75) is 0 Å². The van der Waals surface area contributed by atoms with E-state index in [4.69, 9.17) is 28.9 Å². The zero-order chi connectivity index (χ0) is 14.9. The second-order valence-electron chi connectivity index (χ2n) is 3.94. The van der Waals surface area contributed by atoms with E-state index < -0.39 is 17.5 Å². The van der Waals surface area contributed by atoms with Crippen LogP contribution < -0.4 is 11.1 Å². The fourth-order valence-electron chi connectivity index (χ4n) is 1.53. The van der Waals surface area contributed by atoms with Crippen LogP contribution in [0.25, 0.3) is 0 Å². The van der Waals surface area contributed by atoms with E-state index in [0.717, 1.165) is 12.1 Å². The third-order valence-electron chi connectivity index (χ3n) is 2.51. The van der Waals surface area contributed by atoms with Gasteiger partial charge in [0.15, 0.2) is 11.6 Å². The van der Waals surface area contributed by atoms with Gasteiger partial charge in [-0.05, 0) is 24.3 Å². The van der Waals surface area contributed by atoms with Gasteiger partial charge in [-0.1, -0.05) is 23.2 Å². The molecule has 3 nitrogen and oxygen atoms in total. The van der Waals surface area contributed by atoms with Gasteiger partial charge in [0.05, 0.1) is 15.6 Å². The minimum Gasteiger partial charge on any atom is -0.398 e. The maximum Gasteiger partial charge on any atom is 0.257 e. The van der Waals surface area contributed by atoms with Gasteiger partial charge in [0.25, 0.3) is 5.91 Å². The summed E-state index contributed by atoms with van der Waals surface area (Å²) in [5.74, 6) is -2.95. The van der Waals surface area contributed by atoms with Crippen molar-refractivity contribution >= 4 is 40.5 Å². The van der Waals surface area contributed by atoms with Gasteiger partial charge < -0.3 is 11.1 Å². The van der Waals surface area contributed by atoms with Crippen molar-refractivity contribution in [3.8, 4) is 0 Å². The highest BCUT2D eigenvalue weighted by Crippen LogP contribution is 2.26. The summed E-state index contributed by atoms with van der Waals surface area (Å²) in [5, 5.41) is 3.05. The maximum atomic E-state index is 13.1. The second kappa shape index (κ2) is 5.64. The third kappa shape index (κ3) is 3.00. The van der Waals surface area contributed by atoms with Crippen LogP contribution in [0.3, 0.4) is 0 Å². The van der Waals surface area contributed by atoms with Gasteiger partial charge in [-0.2, -0.15) is 0 Å². The summed E-state index contributed by atoms with van der Waals surface area (Å²) in [6.07, 6.45) is 0. The van der Waals surface area contributed by atoms with Gasteiger partial charge in [-0.25, -0.2) is 8.78 Å². The minimum atomic E-state index is -1.15. The van der Waals surface area contributed by atoms with Crippen LogP contribution in [0.5, 0.6) is 0 Å². The first-order valence-electron chi connectivity index (χ1n) is 5.39. The van der Waals surface area contributed by atoms with Crippen molar-refractivity contribution in [1.29, 1.82) is 0 Å². The Bertz CT molecular complexity index is 692. The Morgan fingerprint density at radius 3 is 2.35 bits per heavy atom. The van der Waals surface area contributed by atoms with E-state index in [1.54, 1.807) is 0 Å². The molecule has 104 valence electrons. The number of halogens is 4. The number of carbonyl (C=O) groups excluding carboxylic acids is 1. The fourth-order valence-corrected chi connectivity index (χ4v) is 1.83. The van der Waals surface area contributed by atoms with Crippen LogP contribution >= 0.6 is 23.2 Å². The normalized spacial score (nSPS) is 10.4. The van der Waals surface area contributed by atoms with Crippen molar-refractivity contribution in [2.75, 3.05) is 11.1 Å². The lowest BCUT2D eigenvalue weighted by Gasteiger charge is -2.09. The number of carbonyl (C=O) groups is 1. The van der Waals surface area contributed by atoms with Gasteiger partial charge in [-0.3, -0.25) is 4.79 Å². The van der Waals surface area contributed by atoms with Gasteiger partial charge >= 0.3 is 0 Å². The van der Waals surface area contributed by atoms with Crippen LogP contribution in [0.1, 0.15) is 10.4 Å². The molecular weight excluding hydrogens is 309 g/mol. The Morgan fingerprint density at radius 2 is 1.70 bits per heavy atom. The van der Waals surface area contributed by atoms with Gasteiger partial charge in [0, 0.05) is 17.4 Å². The zero-order valence-electron chi connectivity index (χ0n) is 9.88. The Kier molecular flexibility index (Phi) is 4.11. The number of nitrogens with two attached hydrogens (primary N) is 1. The summed E-state index contributed by atoms with van der Waals surface area (Å²) in [4.78, 5) is 11.9. The summed E-state index contributed by atoms with van der Waals surface area (Å²) >= 11 is 11.5. The summed E-state index contributed by atoms with van der Waals surface area (Å²) in [7, 11) is 0. The van der Waals surface area contributed by atoms with Crippen LogP contribution in [0.4, 0.5) is 20.2 Å². The van der Waals surface area contributed by atoms with E-state index in [1.165, 1.54) is 18.2 Å². The van der Waals surface area contributed by atoms with Crippen LogP contribution in [-0.2, 0) is 0 Å². The molecule has 0 aromatic heterocycles. The van der Waals surface area contributed by atoms with Gasteiger partial charge in [-0.15, -0.1) is 0 Å². The summed E-state index contributed by atoms with van der Waals surface area (Å²) in [5.41, 5.74) is 5.50. The first kappa shape index (κ1) is 14.6. The summed E-state index contributed by atoms with van der Waals surface area (Å²) < 4.78 is 26.1. The molecule has 2 aromatic carbocycles. The first-order chi connectivity index (χ1) is 9.38. The van der Waals surface area contributed by atoms with E-state index >= 15 is 0 Å². The van der Waals surface area contributed by atoms with Crippen molar-refractivity contribution < 1.29 is 13.6 Å². The molecule has 1 amide bonds. The lowest BCUT2D eigenvalue weighted by Crippen LogP contribution is -2.15. The Labute approximate surface area is 123 Å². The number of anilines is 2. The maximum absolute atomic E-state index is 13.1. The lowest BCUT2D eigenvalue weighted by atomic mass is 10.1. The molecule has 0 aliphatic carbocycles. The number of benzene rings is 2. The van der Waals surface area contributed by atoms with Crippen molar-refractivity contribution in [3.05, 3.63) is 57.6 Å². The molecule has 20 heavy (non-hydrogen) atoms. The standard InChI is InChI=1S/C13H8Cl2F2N2O/c14-8-2-1-6(3-9(8)15)19-13(20)7-4-10(16)11(17)5-12(7)18/h1-5H,18H2,(H,19,20). The molecule has 0 radical (unpaired) electrons. The molecule has 0 saturated heterocycles. The van der Waals surface area contributed by atoms with Crippen molar-refractivity contribution in [2.24, 2.45) is 0 Å². The SMILES string of the molecule is Nc1cc(F)c(F)cc1C(=O)Nc1ccc(Cl)c(Cl)c1. The van der Waals surface area contributed by atoms with Crippen LogP contribution in [-0.4, -0.2) is 5.91 Å². The van der Waals surface area contributed by atoms with Crippen LogP contribution in [0, 0.1) is 11.6 Å². The number of nitrogens with one attached hydrogen (secondary N) is 1. The highest BCUT2D eigenvalue weighted by atomic mass is 35.5. The highest BCUT2D eigenvalue weighted by Gasteiger charge is 2.15. The minimum absolute atomic E-state index is 0.165. The van der Waals surface area contributed by atoms with Crippen molar-refractivity contribution in [1.82, 2.24) is 0 Å². The van der Waals surface area contributed by atoms with Crippen LogP contribution in [0.2, 0.25) is 10.0 Å². The first-order valence-corrected chi connectivity index (χ1v) is 6.15. The Hall–Kier alpha value is -1.85. The van der Waals surface area contributed by atoms with Crippen molar-refractivity contribution in [3.63, 3.8) is 0 Å². The van der Waals surface area contributed by atoms with E-state index in [0.29, 0.717) is 10.7 Å². The van der Waals surface area contributed by atoms with E-state index in [1.807, 2.05) is 0 Å². The molecule has 0 aliphatic rings. The molecule has 0 spiro atoms. The molecule has 0 unspecified atom stereocenters. The molecule has 0 saturated carbocycles. The van der Waals surface area contributed by atoms with E-state index in [9.17, 15) is 13.6 Å². The quantitative estimate of drug-likeness (QED) is 0.819. The van der Waals surface area contributed by atoms with Crippen LogP contribution in [0.15, 0.2) is 30.3 Å². The highest BCUT2D eigenvalue weighted by molar-refractivity contribution is 6.42. The van der Waals surface area contributed by atoms with Gasteiger partial charge in [0.1, 0.15) is 0 Å². The largest absolute Gasteiger partial charge is 0.398 e. The number of hydrogen-bond donors (Lipinski definition) is 2. The molecule has 0 fully saturated rings. The Morgan fingerprint density at radius 1 is 1.05 bits per heavy atom. The molecule has 0 aliphatic heterocycles. The molecule has 2 aromatic rings. The monoisotopic (exact) mass is 316 g/mol. The predicted molar refractivity (Wildman–Crippen MR) is 75.2 cm³/mol. The smallest absolute Gasteiger partial charge is 0.257 e. The molecular formula is C13H8Cl2F2N2O. The molecule has 0 heterocycles.